The summed E-state index contributed by atoms with van der Waals surface area (Å²) in [6.07, 6.45) is 5.23. The molecule has 2 N–H and O–H groups in total. The number of rotatable bonds is 7. The molecule has 0 unspecified atom stereocenters. The van der Waals surface area contributed by atoms with Gasteiger partial charge in [0.25, 0.3) is 10.0 Å². The van der Waals surface area contributed by atoms with Crippen molar-refractivity contribution in [1.82, 2.24) is 0 Å². The van der Waals surface area contributed by atoms with Crippen LogP contribution in [0.3, 0.4) is 0 Å². The topological polar surface area (TPSA) is 85.9 Å². The largest absolute Gasteiger partial charge is 0.497 e. The molecule has 5 rings (SSSR count). The minimum atomic E-state index is -3.81. The first kappa shape index (κ1) is 23.1. The number of benzene rings is 3. The van der Waals surface area contributed by atoms with E-state index in [0.717, 1.165) is 34.7 Å². The predicted octanol–water partition coefficient (Wildman–Crippen LogP) is 5.34. The summed E-state index contributed by atoms with van der Waals surface area (Å²) < 4.78 is 45.5. The molecule has 1 aliphatic carbocycles. The molecule has 1 aliphatic heterocycles. The summed E-state index contributed by atoms with van der Waals surface area (Å²) in [5.74, 6) is 2.27. The maximum atomic E-state index is 13.2. The van der Waals surface area contributed by atoms with Gasteiger partial charge in [-0.15, -0.1) is 0 Å². The van der Waals surface area contributed by atoms with Crippen molar-refractivity contribution in [2.45, 2.75) is 23.3 Å². The number of fused-ring (bicyclic) bond motifs is 3. The van der Waals surface area contributed by atoms with E-state index in [0.29, 0.717) is 11.4 Å². The molecule has 0 saturated carbocycles. The number of hydrogen-bond acceptors (Lipinski definition) is 6. The molecule has 3 atom stereocenters. The Morgan fingerprint density at radius 1 is 0.886 bits per heavy atom. The summed E-state index contributed by atoms with van der Waals surface area (Å²) in [4.78, 5) is 0.212. The molecule has 0 aromatic heterocycles. The molecule has 7 nitrogen and oxygen atoms in total. The molecule has 1 heterocycles. The zero-order chi connectivity index (χ0) is 24.6. The molecular formula is C27H28N2O5S. The van der Waals surface area contributed by atoms with Crippen molar-refractivity contribution in [1.29, 1.82) is 0 Å². The Kier molecular flexibility index (Phi) is 6.06. The van der Waals surface area contributed by atoms with Crippen LogP contribution in [0.4, 0.5) is 11.4 Å². The van der Waals surface area contributed by atoms with Gasteiger partial charge in [0.15, 0.2) is 0 Å². The maximum Gasteiger partial charge on any atom is 0.262 e. The summed E-state index contributed by atoms with van der Waals surface area (Å²) in [6, 6.07) is 18.1. The van der Waals surface area contributed by atoms with Crippen molar-refractivity contribution in [2.24, 2.45) is 5.92 Å². The third-order valence-electron chi connectivity index (χ3n) is 6.77. The second kappa shape index (κ2) is 9.19. The van der Waals surface area contributed by atoms with E-state index in [2.05, 4.69) is 22.2 Å². The molecule has 0 bridgehead atoms. The van der Waals surface area contributed by atoms with Gasteiger partial charge in [0.1, 0.15) is 17.2 Å². The van der Waals surface area contributed by atoms with Gasteiger partial charge in [-0.2, -0.15) is 0 Å². The number of methoxy groups -OCH3 is 3. The van der Waals surface area contributed by atoms with Crippen LogP contribution >= 0.6 is 0 Å². The van der Waals surface area contributed by atoms with Crippen LogP contribution in [-0.4, -0.2) is 29.7 Å². The standard InChI is InChI=1S/C27H28N2O5S/c1-32-17-11-13-21(26(15-17)34-3)27-20-8-6-7-19(20)22-16-18(12-14-23(22)28-27)35(30,31)29-24-9-4-5-10-25(24)33-2/h4-7,9-16,19-20,27-29H,8H2,1-3H3/t19-,20+,27-/m0/s1. The summed E-state index contributed by atoms with van der Waals surface area (Å²) in [7, 11) is 0.996. The highest BCUT2D eigenvalue weighted by Crippen LogP contribution is 2.51. The molecule has 0 amide bonds. The maximum absolute atomic E-state index is 13.2. The third-order valence-corrected chi connectivity index (χ3v) is 8.13. The molecule has 0 fully saturated rings. The number of para-hydroxylation sites is 2. The fraction of sp³-hybridized carbons (Fsp3) is 0.259. The van der Waals surface area contributed by atoms with E-state index in [1.807, 2.05) is 24.3 Å². The molecule has 2 aliphatic rings. The first-order chi connectivity index (χ1) is 16.9. The van der Waals surface area contributed by atoms with Crippen LogP contribution in [0, 0.1) is 5.92 Å². The Bertz CT molecular complexity index is 1390. The van der Waals surface area contributed by atoms with Gasteiger partial charge in [0.2, 0.25) is 0 Å². The minimum absolute atomic E-state index is 0.0116. The first-order valence-electron chi connectivity index (χ1n) is 11.4. The molecule has 35 heavy (non-hydrogen) atoms. The zero-order valence-electron chi connectivity index (χ0n) is 19.8. The van der Waals surface area contributed by atoms with Crippen LogP contribution in [0.1, 0.15) is 29.5 Å². The minimum Gasteiger partial charge on any atom is -0.497 e. The van der Waals surface area contributed by atoms with Crippen LogP contribution in [0.5, 0.6) is 17.2 Å². The lowest BCUT2D eigenvalue weighted by Gasteiger charge is -2.38. The van der Waals surface area contributed by atoms with Crippen LogP contribution in [0.15, 0.2) is 77.7 Å². The molecule has 3 aromatic rings. The fourth-order valence-corrected chi connectivity index (χ4v) is 6.16. The van der Waals surface area contributed by atoms with Crippen LogP contribution < -0.4 is 24.2 Å². The highest BCUT2D eigenvalue weighted by molar-refractivity contribution is 7.92. The Morgan fingerprint density at radius 3 is 2.46 bits per heavy atom. The van der Waals surface area contributed by atoms with Crippen LogP contribution in [-0.2, 0) is 10.0 Å². The summed E-state index contributed by atoms with van der Waals surface area (Å²) in [5, 5.41) is 3.65. The Hall–Kier alpha value is -3.65. The molecular weight excluding hydrogens is 464 g/mol. The monoisotopic (exact) mass is 492 g/mol. The van der Waals surface area contributed by atoms with Crippen molar-refractivity contribution < 1.29 is 22.6 Å². The van der Waals surface area contributed by atoms with Crippen LogP contribution in [0.25, 0.3) is 0 Å². The second-order valence-electron chi connectivity index (χ2n) is 8.64. The quantitative estimate of drug-likeness (QED) is 0.433. The molecule has 0 spiro atoms. The average Bonchev–Trinajstić information content (AvgIpc) is 3.38. The molecule has 3 aromatic carbocycles. The van der Waals surface area contributed by atoms with E-state index in [1.165, 1.54) is 7.11 Å². The lowest BCUT2D eigenvalue weighted by Crippen LogP contribution is -2.29. The van der Waals surface area contributed by atoms with Crippen LogP contribution in [0.2, 0.25) is 0 Å². The summed E-state index contributed by atoms with van der Waals surface area (Å²) in [5.41, 5.74) is 3.33. The van der Waals surface area contributed by atoms with Gasteiger partial charge in [-0.1, -0.05) is 24.3 Å². The number of anilines is 2. The molecule has 0 saturated heterocycles. The Labute approximate surface area is 205 Å². The van der Waals surface area contributed by atoms with E-state index in [1.54, 1.807) is 50.6 Å². The average molecular weight is 493 g/mol. The molecule has 182 valence electrons. The Balaban J connectivity index is 1.50. The zero-order valence-corrected chi connectivity index (χ0v) is 20.6. The van der Waals surface area contributed by atoms with E-state index >= 15 is 0 Å². The molecule has 8 heteroatoms. The van der Waals surface area contributed by atoms with Crippen molar-refractivity contribution in [3.05, 3.63) is 83.9 Å². The van der Waals surface area contributed by atoms with Crippen molar-refractivity contribution in [3.63, 3.8) is 0 Å². The van der Waals surface area contributed by atoms with E-state index in [-0.39, 0.29) is 22.8 Å². The van der Waals surface area contributed by atoms with Crippen molar-refractivity contribution in [3.8, 4) is 17.2 Å². The lowest BCUT2D eigenvalue weighted by molar-refractivity contribution is 0.372. The lowest BCUT2D eigenvalue weighted by atomic mass is 9.77. The SMILES string of the molecule is COc1ccc([C@H]2Nc3ccc(S(=O)(=O)Nc4ccccc4OC)cc3[C@H]3C=CC[C@H]32)c(OC)c1. The Morgan fingerprint density at radius 2 is 1.69 bits per heavy atom. The normalized spacial score (nSPS) is 20.4. The number of hydrogen-bond donors (Lipinski definition) is 2. The van der Waals surface area contributed by atoms with Gasteiger partial charge < -0.3 is 19.5 Å². The first-order valence-corrected chi connectivity index (χ1v) is 12.9. The molecule has 0 radical (unpaired) electrons. The number of nitrogens with one attached hydrogen (secondary N) is 2. The number of sulfonamides is 1. The number of ether oxygens (including phenoxy) is 3. The van der Waals surface area contributed by atoms with Gasteiger partial charge in [0.05, 0.1) is 38.0 Å². The highest BCUT2D eigenvalue weighted by Gasteiger charge is 2.39. The number of allylic oxidation sites excluding steroid dienone is 2. The third kappa shape index (κ3) is 4.18. The van der Waals surface area contributed by atoms with E-state index in [9.17, 15) is 8.42 Å². The van der Waals surface area contributed by atoms with E-state index < -0.39 is 10.0 Å². The van der Waals surface area contributed by atoms with Gasteiger partial charge in [0, 0.05) is 23.2 Å². The highest BCUT2D eigenvalue weighted by atomic mass is 32.2. The van der Waals surface area contributed by atoms with E-state index in [4.69, 9.17) is 14.2 Å². The van der Waals surface area contributed by atoms with Gasteiger partial charge in [-0.3, -0.25) is 4.72 Å². The fourth-order valence-electron chi connectivity index (χ4n) is 5.06. The van der Waals surface area contributed by atoms with Gasteiger partial charge in [-0.05, 0) is 60.4 Å². The van der Waals surface area contributed by atoms with Gasteiger partial charge in [-0.25, -0.2) is 8.42 Å². The summed E-state index contributed by atoms with van der Waals surface area (Å²) in [6.45, 7) is 0. The summed E-state index contributed by atoms with van der Waals surface area (Å²) >= 11 is 0. The second-order valence-corrected chi connectivity index (χ2v) is 10.3. The smallest absolute Gasteiger partial charge is 0.262 e. The van der Waals surface area contributed by atoms with Crippen molar-refractivity contribution in [2.75, 3.05) is 31.4 Å². The predicted molar refractivity (Wildman–Crippen MR) is 136 cm³/mol. The van der Waals surface area contributed by atoms with Crippen molar-refractivity contribution >= 4 is 21.4 Å². The van der Waals surface area contributed by atoms with Gasteiger partial charge >= 0.3 is 0 Å².